The number of carbonyl (C=O) groups excluding carboxylic acids is 1. The van der Waals surface area contributed by atoms with Crippen molar-refractivity contribution in [3.8, 4) is 0 Å². The minimum atomic E-state index is 0.160. The van der Waals surface area contributed by atoms with E-state index in [0.29, 0.717) is 17.9 Å². The van der Waals surface area contributed by atoms with E-state index in [2.05, 4.69) is 41.1 Å². The molecule has 4 heteroatoms. The lowest BCUT2D eigenvalue weighted by atomic mass is 9.86. The van der Waals surface area contributed by atoms with E-state index in [9.17, 15) is 4.79 Å². The number of piperidine rings is 1. The molecule has 1 fully saturated rings. The van der Waals surface area contributed by atoms with Crippen LogP contribution in [0.2, 0.25) is 0 Å². The van der Waals surface area contributed by atoms with Crippen LogP contribution in [0.3, 0.4) is 0 Å². The number of nitrogens with zero attached hydrogens (tertiary/aromatic N) is 3. The lowest BCUT2D eigenvalue weighted by molar-refractivity contribution is 0.0957. The van der Waals surface area contributed by atoms with E-state index in [-0.39, 0.29) is 11.7 Å². The van der Waals surface area contributed by atoms with Crippen molar-refractivity contribution in [1.82, 2.24) is 9.97 Å². The second-order valence-corrected chi connectivity index (χ2v) is 7.59. The van der Waals surface area contributed by atoms with Crippen molar-refractivity contribution >= 4 is 17.8 Å². The van der Waals surface area contributed by atoms with E-state index in [0.717, 1.165) is 36.7 Å². The van der Waals surface area contributed by atoms with Gasteiger partial charge in [-0.15, -0.1) is 0 Å². The third-order valence-corrected chi connectivity index (χ3v) is 5.36. The molecule has 134 valence electrons. The Kier molecular flexibility index (Phi) is 4.83. The highest BCUT2D eigenvalue weighted by Gasteiger charge is 2.27. The molecule has 0 amide bonds. The molecule has 2 heterocycles. The number of hydrogen-bond donors (Lipinski definition) is 0. The number of anilines is 1. The second-order valence-electron chi connectivity index (χ2n) is 7.59. The summed E-state index contributed by atoms with van der Waals surface area (Å²) in [6.45, 7) is 4.29. The average molecular weight is 347 g/mol. The average Bonchev–Trinajstić information content (AvgIpc) is 2.67. The molecule has 1 aliphatic carbocycles. The minimum Gasteiger partial charge on any atom is -0.341 e. The number of ketones is 1. The summed E-state index contributed by atoms with van der Waals surface area (Å²) in [7, 11) is 0. The Morgan fingerprint density at radius 1 is 1.19 bits per heavy atom. The van der Waals surface area contributed by atoms with E-state index in [4.69, 9.17) is 4.98 Å². The number of allylic oxidation sites excluding steroid dienone is 1. The lowest BCUT2D eigenvalue weighted by Crippen LogP contribution is -2.36. The van der Waals surface area contributed by atoms with Gasteiger partial charge in [0.1, 0.15) is 0 Å². The van der Waals surface area contributed by atoms with Gasteiger partial charge >= 0.3 is 0 Å². The standard InChI is InChI=1S/C22H25N3O/c1-16-6-5-11-25(15-16)22-23-14-19-20(24-22)12-18(13-21(19)26)10-9-17-7-3-2-4-8-17/h2-4,7-10,14,16,18H,5-6,11-13,15H2,1H3/b10-9+/t16-,18+/m0/s1. The molecule has 4 rings (SSSR count). The normalized spacial score (nSPS) is 23.3. The second kappa shape index (κ2) is 7.40. The Labute approximate surface area is 155 Å². The van der Waals surface area contributed by atoms with Crippen LogP contribution in [0.5, 0.6) is 0 Å². The molecule has 4 nitrogen and oxygen atoms in total. The van der Waals surface area contributed by atoms with Gasteiger partial charge in [0.15, 0.2) is 5.78 Å². The highest BCUT2D eigenvalue weighted by Crippen LogP contribution is 2.28. The van der Waals surface area contributed by atoms with E-state index < -0.39 is 0 Å². The summed E-state index contributed by atoms with van der Waals surface area (Å²) in [5.41, 5.74) is 2.78. The SMILES string of the molecule is C[C@H]1CCCN(c2ncc3c(n2)C[C@@H](/C=C/c2ccccc2)CC3=O)C1. The predicted octanol–water partition coefficient (Wildman–Crippen LogP) is 4.17. The molecule has 1 saturated heterocycles. The van der Waals surface area contributed by atoms with Gasteiger partial charge in [0.2, 0.25) is 5.95 Å². The lowest BCUT2D eigenvalue weighted by Gasteiger charge is -2.31. The van der Waals surface area contributed by atoms with Crippen LogP contribution < -0.4 is 4.90 Å². The van der Waals surface area contributed by atoms with Crippen molar-refractivity contribution in [2.24, 2.45) is 11.8 Å². The first-order valence-electron chi connectivity index (χ1n) is 9.56. The van der Waals surface area contributed by atoms with Gasteiger partial charge in [-0.3, -0.25) is 4.79 Å². The van der Waals surface area contributed by atoms with Crippen LogP contribution in [0, 0.1) is 11.8 Å². The van der Waals surface area contributed by atoms with Gasteiger partial charge in [-0.05, 0) is 36.7 Å². The van der Waals surface area contributed by atoms with Crippen molar-refractivity contribution in [3.05, 3.63) is 59.4 Å². The summed E-state index contributed by atoms with van der Waals surface area (Å²) in [5, 5.41) is 0. The number of benzene rings is 1. The molecule has 0 N–H and O–H groups in total. The summed E-state index contributed by atoms with van der Waals surface area (Å²) in [4.78, 5) is 24.1. The molecule has 2 aliphatic rings. The number of carbonyl (C=O) groups is 1. The van der Waals surface area contributed by atoms with Crippen molar-refractivity contribution in [3.63, 3.8) is 0 Å². The van der Waals surface area contributed by atoms with E-state index >= 15 is 0 Å². The first kappa shape index (κ1) is 17.0. The molecule has 0 radical (unpaired) electrons. The summed E-state index contributed by atoms with van der Waals surface area (Å²) in [6, 6.07) is 10.2. The Morgan fingerprint density at radius 3 is 2.85 bits per heavy atom. The third kappa shape index (κ3) is 3.69. The highest BCUT2D eigenvalue weighted by molar-refractivity contribution is 5.98. The fraction of sp³-hybridized carbons (Fsp3) is 0.409. The van der Waals surface area contributed by atoms with Gasteiger partial charge in [0.25, 0.3) is 0 Å². The molecule has 1 aromatic carbocycles. The molecule has 2 aromatic rings. The van der Waals surface area contributed by atoms with Crippen LogP contribution in [-0.4, -0.2) is 28.8 Å². The monoisotopic (exact) mass is 347 g/mol. The quantitative estimate of drug-likeness (QED) is 0.836. The maximum Gasteiger partial charge on any atom is 0.225 e. The summed E-state index contributed by atoms with van der Waals surface area (Å²) < 4.78 is 0. The molecule has 0 unspecified atom stereocenters. The zero-order valence-electron chi connectivity index (χ0n) is 15.3. The van der Waals surface area contributed by atoms with Gasteiger partial charge in [-0.1, -0.05) is 49.4 Å². The van der Waals surface area contributed by atoms with Crippen molar-refractivity contribution in [2.45, 2.75) is 32.6 Å². The van der Waals surface area contributed by atoms with Crippen LogP contribution >= 0.6 is 0 Å². The van der Waals surface area contributed by atoms with Gasteiger partial charge in [0.05, 0.1) is 11.3 Å². The minimum absolute atomic E-state index is 0.160. The van der Waals surface area contributed by atoms with Crippen LogP contribution in [-0.2, 0) is 6.42 Å². The number of fused-ring (bicyclic) bond motifs is 1. The molecule has 1 aliphatic heterocycles. The van der Waals surface area contributed by atoms with Crippen LogP contribution in [0.25, 0.3) is 6.08 Å². The van der Waals surface area contributed by atoms with Crippen LogP contribution in [0.1, 0.15) is 47.8 Å². The molecule has 0 saturated carbocycles. The van der Waals surface area contributed by atoms with E-state index in [1.807, 2.05) is 18.2 Å². The Bertz CT molecular complexity index is 815. The van der Waals surface area contributed by atoms with Crippen LogP contribution in [0.15, 0.2) is 42.6 Å². The van der Waals surface area contributed by atoms with Gasteiger partial charge in [0, 0.05) is 25.7 Å². The predicted molar refractivity (Wildman–Crippen MR) is 104 cm³/mol. The summed E-state index contributed by atoms with van der Waals surface area (Å²) in [6.07, 6.45) is 9.81. The summed E-state index contributed by atoms with van der Waals surface area (Å²) in [5.74, 6) is 1.83. The number of hydrogen-bond acceptors (Lipinski definition) is 4. The van der Waals surface area contributed by atoms with Gasteiger partial charge in [-0.2, -0.15) is 0 Å². The van der Waals surface area contributed by atoms with Crippen LogP contribution in [0.4, 0.5) is 5.95 Å². The molecule has 2 atom stereocenters. The molecule has 0 spiro atoms. The highest BCUT2D eigenvalue weighted by atomic mass is 16.1. The third-order valence-electron chi connectivity index (χ3n) is 5.36. The maximum absolute atomic E-state index is 12.5. The van der Waals surface area contributed by atoms with Gasteiger partial charge in [-0.25, -0.2) is 9.97 Å². The largest absolute Gasteiger partial charge is 0.341 e. The van der Waals surface area contributed by atoms with E-state index in [1.54, 1.807) is 6.20 Å². The molecular weight excluding hydrogens is 322 g/mol. The first-order valence-corrected chi connectivity index (χ1v) is 9.56. The van der Waals surface area contributed by atoms with Crippen molar-refractivity contribution in [2.75, 3.05) is 18.0 Å². The topological polar surface area (TPSA) is 46.1 Å². The maximum atomic E-state index is 12.5. The zero-order valence-corrected chi connectivity index (χ0v) is 15.3. The number of aromatic nitrogens is 2. The zero-order chi connectivity index (χ0) is 17.9. The Morgan fingerprint density at radius 2 is 2.04 bits per heavy atom. The Balaban J connectivity index is 1.53. The molecule has 0 bridgehead atoms. The molecular formula is C22H25N3O. The number of rotatable bonds is 3. The smallest absolute Gasteiger partial charge is 0.225 e. The molecule has 26 heavy (non-hydrogen) atoms. The fourth-order valence-corrected chi connectivity index (χ4v) is 3.93. The molecule has 1 aromatic heterocycles. The Hall–Kier alpha value is -2.49. The van der Waals surface area contributed by atoms with Crippen molar-refractivity contribution < 1.29 is 4.79 Å². The summed E-state index contributed by atoms with van der Waals surface area (Å²) >= 11 is 0. The van der Waals surface area contributed by atoms with E-state index in [1.165, 1.54) is 12.8 Å². The fourth-order valence-electron chi connectivity index (χ4n) is 3.93. The van der Waals surface area contributed by atoms with Gasteiger partial charge < -0.3 is 4.90 Å². The number of Topliss-reactive ketones (excluding diaryl/α,β-unsaturated/α-hetero) is 1. The first-order chi connectivity index (χ1) is 12.7. The van der Waals surface area contributed by atoms with Crippen molar-refractivity contribution in [1.29, 1.82) is 0 Å².